The average Bonchev–Trinajstić information content (AvgIpc) is 2.93. The number of thiophene rings is 1. The maximum absolute atomic E-state index is 13.6. The molecule has 20 heavy (non-hydrogen) atoms. The van der Waals surface area contributed by atoms with Crippen LogP contribution >= 0.6 is 22.9 Å². The van der Waals surface area contributed by atoms with Crippen molar-refractivity contribution in [1.29, 1.82) is 0 Å². The summed E-state index contributed by atoms with van der Waals surface area (Å²) in [5, 5.41) is 4.59. The van der Waals surface area contributed by atoms with Crippen LogP contribution < -0.4 is 11.1 Å². The first kappa shape index (κ1) is 15.0. The summed E-state index contributed by atoms with van der Waals surface area (Å²) in [6, 6.07) is 7.87. The summed E-state index contributed by atoms with van der Waals surface area (Å²) in [6.07, 6.45) is 0.474. The van der Waals surface area contributed by atoms with Crippen LogP contribution in [0.3, 0.4) is 0 Å². The lowest BCUT2D eigenvalue weighted by Crippen LogP contribution is -2.41. The molecular formula is C14H14ClFN2OS. The Bertz CT molecular complexity index is 589. The van der Waals surface area contributed by atoms with Gasteiger partial charge >= 0.3 is 0 Å². The molecule has 0 aliphatic heterocycles. The minimum Gasteiger partial charge on any atom is -0.351 e. The zero-order valence-corrected chi connectivity index (χ0v) is 12.2. The zero-order valence-electron chi connectivity index (χ0n) is 10.6. The quantitative estimate of drug-likeness (QED) is 0.892. The topological polar surface area (TPSA) is 55.1 Å². The third kappa shape index (κ3) is 3.79. The Morgan fingerprint density at radius 1 is 1.40 bits per heavy atom. The van der Waals surface area contributed by atoms with Gasteiger partial charge in [-0.25, -0.2) is 4.39 Å². The molecular weight excluding hydrogens is 299 g/mol. The van der Waals surface area contributed by atoms with E-state index in [4.69, 9.17) is 17.3 Å². The summed E-state index contributed by atoms with van der Waals surface area (Å²) in [4.78, 5) is 12.9. The first-order chi connectivity index (χ1) is 9.58. The summed E-state index contributed by atoms with van der Waals surface area (Å²) in [5.74, 6) is -0.820. The SMILES string of the molecule is N[C@@H](Cc1cccs1)C(=O)NCc1cccc(Cl)c1F. The second-order valence-corrected chi connectivity index (χ2v) is 5.76. The Balaban J connectivity index is 1.90. The highest BCUT2D eigenvalue weighted by Gasteiger charge is 2.15. The second-order valence-electron chi connectivity index (χ2n) is 4.32. The zero-order chi connectivity index (χ0) is 14.5. The monoisotopic (exact) mass is 312 g/mol. The fourth-order valence-electron chi connectivity index (χ4n) is 1.74. The van der Waals surface area contributed by atoms with Crippen LogP contribution in [-0.2, 0) is 17.8 Å². The molecule has 2 rings (SSSR count). The lowest BCUT2D eigenvalue weighted by molar-refractivity contribution is -0.122. The van der Waals surface area contributed by atoms with E-state index in [0.29, 0.717) is 12.0 Å². The van der Waals surface area contributed by atoms with E-state index >= 15 is 0 Å². The Kier molecular flexibility index (Phi) is 5.11. The van der Waals surface area contributed by atoms with Gasteiger partial charge in [0, 0.05) is 23.4 Å². The normalized spacial score (nSPS) is 12.2. The molecule has 1 heterocycles. The summed E-state index contributed by atoms with van der Waals surface area (Å²) in [5.41, 5.74) is 6.16. The van der Waals surface area contributed by atoms with Crippen LogP contribution in [0.4, 0.5) is 4.39 Å². The fraction of sp³-hybridized carbons (Fsp3) is 0.214. The molecule has 3 N–H and O–H groups in total. The molecule has 106 valence electrons. The summed E-state index contributed by atoms with van der Waals surface area (Å²) in [6.45, 7) is 0.0728. The van der Waals surface area contributed by atoms with E-state index < -0.39 is 11.9 Å². The van der Waals surface area contributed by atoms with Crippen molar-refractivity contribution in [2.24, 2.45) is 5.73 Å². The van der Waals surface area contributed by atoms with Gasteiger partial charge in [-0.15, -0.1) is 11.3 Å². The van der Waals surface area contributed by atoms with E-state index in [1.807, 2.05) is 17.5 Å². The number of carbonyl (C=O) groups is 1. The smallest absolute Gasteiger partial charge is 0.237 e. The van der Waals surface area contributed by atoms with Gasteiger partial charge in [0.2, 0.25) is 5.91 Å². The predicted octanol–water partition coefficient (Wildman–Crippen LogP) is 2.73. The minimum absolute atomic E-state index is 0.0413. The van der Waals surface area contributed by atoms with E-state index in [0.717, 1.165) is 4.88 Å². The molecule has 6 heteroatoms. The van der Waals surface area contributed by atoms with Crippen LogP contribution in [0.5, 0.6) is 0 Å². The van der Waals surface area contributed by atoms with Crippen LogP contribution in [0.2, 0.25) is 5.02 Å². The summed E-state index contributed by atoms with van der Waals surface area (Å²) < 4.78 is 13.6. The molecule has 3 nitrogen and oxygen atoms in total. The van der Waals surface area contributed by atoms with Crippen LogP contribution in [0.1, 0.15) is 10.4 Å². The second kappa shape index (κ2) is 6.83. The van der Waals surface area contributed by atoms with Crippen LogP contribution in [0.15, 0.2) is 35.7 Å². The van der Waals surface area contributed by atoms with Crippen molar-refractivity contribution >= 4 is 28.8 Å². The van der Waals surface area contributed by atoms with Gasteiger partial charge in [0.15, 0.2) is 0 Å². The highest BCUT2D eigenvalue weighted by molar-refractivity contribution is 7.09. The van der Waals surface area contributed by atoms with Crippen LogP contribution in [-0.4, -0.2) is 11.9 Å². The van der Waals surface area contributed by atoms with E-state index in [-0.39, 0.29) is 17.5 Å². The van der Waals surface area contributed by atoms with Crippen molar-refractivity contribution in [2.75, 3.05) is 0 Å². The molecule has 0 spiro atoms. The van der Waals surface area contributed by atoms with Gasteiger partial charge in [0.1, 0.15) is 5.82 Å². The number of hydrogen-bond acceptors (Lipinski definition) is 3. The molecule has 0 aliphatic rings. The largest absolute Gasteiger partial charge is 0.351 e. The van der Waals surface area contributed by atoms with E-state index in [1.165, 1.54) is 6.07 Å². The number of rotatable bonds is 5. The lowest BCUT2D eigenvalue weighted by Gasteiger charge is -2.12. The molecule has 1 aromatic carbocycles. The highest BCUT2D eigenvalue weighted by Crippen LogP contribution is 2.17. The van der Waals surface area contributed by atoms with Crippen LogP contribution in [0.25, 0.3) is 0 Å². The average molecular weight is 313 g/mol. The third-order valence-corrected chi connectivity index (χ3v) is 4.01. The fourth-order valence-corrected chi connectivity index (χ4v) is 2.70. The van der Waals surface area contributed by atoms with E-state index in [9.17, 15) is 9.18 Å². The number of benzene rings is 1. The molecule has 0 saturated carbocycles. The number of carbonyl (C=O) groups excluding carboxylic acids is 1. The number of nitrogens with one attached hydrogen (secondary N) is 1. The Morgan fingerprint density at radius 2 is 2.20 bits per heavy atom. The van der Waals surface area contributed by atoms with Crippen molar-refractivity contribution in [2.45, 2.75) is 19.0 Å². The standard InChI is InChI=1S/C14H14ClFN2OS/c15-11-5-1-3-9(13(11)16)8-18-14(19)12(17)7-10-4-2-6-20-10/h1-6,12H,7-8,17H2,(H,18,19)/t12-/m0/s1. The lowest BCUT2D eigenvalue weighted by atomic mass is 10.1. The Labute approximate surface area is 125 Å². The molecule has 1 amide bonds. The predicted molar refractivity (Wildman–Crippen MR) is 79.3 cm³/mol. The molecule has 0 aliphatic carbocycles. The van der Waals surface area contributed by atoms with Gasteiger partial charge in [0.05, 0.1) is 11.1 Å². The molecule has 1 atom stereocenters. The van der Waals surface area contributed by atoms with E-state index in [2.05, 4.69) is 5.32 Å². The van der Waals surface area contributed by atoms with Gasteiger partial charge in [0.25, 0.3) is 0 Å². The molecule has 2 aromatic rings. The molecule has 0 unspecified atom stereocenters. The van der Waals surface area contributed by atoms with Gasteiger partial charge in [-0.2, -0.15) is 0 Å². The molecule has 0 saturated heterocycles. The highest BCUT2D eigenvalue weighted by atomic mass is 35.5. The molecule has 0 radical (unpaired) electrons. The first-order valence-electron chi connectivity index (χ1n) is 6.06. The summed E-state index contributed by atoms with van der Waals surface area (Å²) in [7, 11) is 0. The minimum atomic E-state index is -0.643. The maximum Gasteiger partial charge on any atom is 0.237 e. The molecule has 1 aromatic heterocycles. The number of halogens is 2. The van der Waals surface area contributed by atoms with Gasteiger partial charge < -0.3 is 11.1 Å². The number of nitrogens with two attached hydrogens (primary N) is 1. The van der Waals surface area contributed by atoms with Gasteiger partial charge in [-0.3, -0.25) is 4.79 Å². The van der Waals surface area contributed by atoms with Crippen molar-refractivity contribution in [3.8, 4) is 0 Å². The Hall–Kier alpha value is -1.43. The van der Waals surface area contributed by atoms with Crippen molar-refractivity contribution in [1.82, 2.24) is 5.32 Å². The number of hydrogen-bond donors (Lipinski definition) is 2. The van der Waals surface area contributed by atoms with Gasteiger partial charge in [-0.05, 0) is 17.5 Å². The van der Waals surface area contributed by atoms with Crippen LogP contribution in [0, 0.1) is 5.82 Å². The third-order valence-electron chi connectivity index (χ3n) is 2.82. The van der Waals surface area contributed by atoms with Crippen molar-refractivity contribution < 1.29 is 9.18 Å². The maximum atomic E-state index is 13.6. The van der Waals surface area contributed by atoms with E-state index in [1.54, 1.807) is 23.5 Å². The number of amides is 1. The first-order valence-corrected chi connectivity index (χ1v) is 7.32. The van der Waals surface area contributed by atoms with Crippen molar-refractivity contribution in [3.63, 3.8) is 0 Å². The molecule has 0 fully saturated rings. The molecule has 0 bridgehead atoms. The van der Waals surface area contributed by atoms with Crippen molar-refractivity contribution in [3.05, 3.63) is 57.0 Å². The van der Waals surface area contributed by atoms with Gasteiger partial charge in [-0.1, -0.05) is 29.8 Å². The summed E-state index contributed by atoms with van der Waals surface area (Å²) >= 11 is 7.23. The Morgan fingerprint density at radius 3 is 2.90 bits per heavy atom.